The smallest absolute Gasteiger partial charge is 0.391 e. The second-order valence-corrected chi connectivity index (χ2v) is 4.66. The van der Waals surface area contributed by atoms with Crippen LogP contribution in [0.3, 0.4) is 0 Å². The summed E-state index contributed by atoms with van der Waals surface area (Å²) in [6.07, 6.45) is -5.15. The van der Waals surface area contributed by atoms with Crippen molar-refractivity contribution in [3.05, 3.63) is 0 Å². The van der Waals surface area contributed by atoms with Crippen LogP contribution in [0.5, 0.6) is 0 Å². The maximum atomic E-state index is 11.8. The van der Waals surface area contributed by atoms with Crippen molar-refractivity contribution in [2.45, 2.75) is 51.4 Å². The van der Waals surface area contributed by atoms with Crippen LogP contribution in [0.25, 0.3) is 0 Å². The van der Waals surface area contributed by atoms with Gasteiger partial charge in [0.1, 0.15) is 5.54 Å². The molecule has 1 atom stereocenters. The Morgan fingerprint density at radius 3 is 2.17 bits per heavy atom. The number of nitrogens with one attached hydrogen (secondary N) is 1. The molecule has 2 N–H and O–H groups in total. The average Bonchev–Trinajstić information content (AvgIpc) is 2.13. The van der Waals surface area contributed by atoms with Gasteiger partial charge in [-0.2, -0.15) is 13.2 Å². The Balaban J connectivity index is 4.03. The minimum absolute atomic E-state index is 0.0292. The van der Waals surface area contributed by atoms with Crippen LogP contribution >= 0.6 is 0 Å². The fourth-order valence-corrected chi connectivity index (χ4v) is 1.44. The van der Waals surface area contributed by atoms with Crippen LogP contribution < -0.4 is 5.32 Å². The molecule has 0 aliphatic heterocycles. The minimum Gasteiger partial charge on any atom is -0.480 e. The lowest BCUT2D eigenvalue weighted by atomic mass is 9.97. The summed E-state index contributed by atoms with van der Waals surface area (Å²) in [6, 6.07) is -0.0405. The second kappa shape index (κ2) is 6.94. The quantitative estimate of drug-likeness (QED) is 0.664. The Labute approximate surface area is 105 Å². The third-order valence-electron chi connectivity index (χ3n) is 2.36. The number of carboxylic acids is 1. The van der Waals surface area contributed by atoms with E-state index in [-0.39, 0.29) is 19.1 Å². The van der Waals surface area contributed by atoms with Crippen molar-refractivity contribution in [3.8, 4) is 0 Å². The number of carbonyl (C=O) groups is 1. The summed E-state index contributed by atoms with van der Waals surface area (Å²) < 4.78 is 40.3. The zero-order chi connectivity index (χ0) is 14.4. The summed E-state index contributed by atoms with van der Waals surface area (Å²) in [5.74, 6) is -1.05. The molecule has 0 saturated heterocycles. The van der Waals surface area contributed by atoms with E-state index >= 15 is 0 Å². The number of rotatable bonds is 8. The Hall–Kier alpha value is -0.820. The van der Waals surface area contributed by atoms with Crippen LogP contribution in [0.4, 0.5) is 13.2 Å². The maximum absolute atomic E-state index is 11.8. The minimum atomic E-state index is -4.24. The molecule has 1 unspecified atom stereocenters. The Morgan fingerprint density at radius 1 is 1.28 bits per heavy atom. The molecule has 0 aromatic rings. The maximum Gasteiger partial charge on any atom is 0.391 e. The van der Waals surface area contributed by atoms with Crippen LogP contribution in [0, 0.1) is 0 Å². The van der Waals surface area contributed by atoms with Gasteiger partial charge in [0, 0.05) is 12.6 Å². The Bertz CT molecular complexity index is 269. The number of hydrogen-bond donors (Lipinski definition) is 2. The highest BCUT2D eigenvalue weighted by atomic mass is 19.4. The lowest BCUT2D eigenvalue weighted by Gasteiger charge is -2.28. The molecule has 0 radical (unpaired) electrons. The van der Waals surface area contributed by atoms with Crippen LogP contribution in [0.2, 0.25) is 0 Å². The van der Waals surface area contributed by atoms with E-state index in [4.69, 9.17) is 9.84 Å². The highest BCUT2D eigenvalue weighted by Gasteiger charge is 2.33. The van der Waals surface area contributed by atoms with Crippen molar-refractivity contribution in [1.29, 1.82) is 0 Å². The van der Waals surface area contributed by atoms with E-state index in [1.807, 2.05) is 0 Å². The van der Waals surface area contributed by atoms with E-state index in [2.05, 4.69) is 5.32 Å². The van der Waals surface area contributed by atoms with Gasteiger partial charge in [-0.1, -0.05) is 0 Å². The molecule has 0 rings (SSSR count). The van der Waals surface area contributed by atoms with Gasteiger partial charge < -0.3 is 9.84 Å². The van der Waals surface area contributed by atoms with Gasteiger partial charge in [-0.05, 0) is 27.2 Å². The lowest BCUT2D eigenvalue weighted by molar-refractivity contribution is -0.149. The predicted molar refractivity (Wildman–Crippen MR) is 60.4 cm³/mol. The summed E-state index contributed by atoms with van der Waals surface area (Å²) >= 11 is 0. The van der Waals surface area contributed by atoms with Crippen molar-refractivity contribution in [3.63, 3.8) is 0 Å². The fraction of sp³-hybridized carbons (Fsp3) is 0.909. The zero-order valence-electron chi connectivity index (χ0n) is 10.8. The number of carboxylic acid groups (broad SMARTS) is 1. The molecular weight excluding hydrogens is 251 g/mol. The summed E-state index contributed by atoms with van der Waals surface area (Å²) in [5, 5.41) is 11.9. The van der Waals surface area contributed by atoms with Crippen molar-refractivity contribution in [2.24, 2.45) is 0 Å². The molecule has 0 bridgehead atoms. The molecule has 0 heterocycles. The van der Waals surface area contributed by atoms with Gasteiger partial charge in [0.05, 0.1) is 13.0 Å². The standard InChI is InChI=1S/C11H20F3NO3/c1-8(2)15-10(3,9(16)17)4-6-18-7-5-11(12,13)14/h8,15H,4-7H2,1-3H3,(H,16,17). The first kappa shape index (κ1) is 17.2. The first-order chi connectivity index (χ1) is 8.07. The summed E-state index contributed by atoms with van der Waals surface area (Å²) in [7, 11) is 0. The van der Waals surface area contributed by atoms with Crippen molar-refractivity contribution >= 4 is 5.97 Å². The van der Waals surface area contributed by atoms with Gasteiger partial charge in [0.15, 0.2) is 0 Å². The largest absolute Gasteiger partial charge is 0.480 e. The summed E-state index contributed by atoms with van der Waals surface area (Å²) in [6.45, 7) is 4.61. The van der Waals surface area contributed by atoms with E-state index in [1.165, 1.54) is 6.92 Å². The van der Waals surface area contributed by atoms with E-state index in [0.717, 1.165) is 0 Å². The van der Waals surface area contributed by atoms with Crippen LogP contribution in [-0.2, 0) is 9.53 Å². The molecule has 108 valence electrons. The van der Waals surface area contributed by atoms with Crippen LogP contribution in [0.1, 0.15) is 33.6 Å². The molecule has 0 aliphatic carbocycles. The zero-order valence-corrected chi connectivity index (χ0v) is 10.8. The van der Waals surface area contributed by atoms with E-state index < -0.39 is 30.7 Å². The van der Waals surface area contributed by atoms with E-state index in [1.54, 1.807) is 13.8 Å². The Kier molecular flexibility index (Phi) is 6.62. The Morgan fingerprint density at radius 2 is 1.78 bits per heavy atom. The average molecular weight is 271 g/mol. The monoisotopic (exact) mass is 271 g/mol. The van der Waals surface area contributed by atoms with Gasteiger partial charge in [0.2, 0.25) is 0 Å². The van der Waals surface area contributed by atoms with Crippen molar-refractivity contribution in [1.82, 2.24) is 5.32 Å². The normalized spacial score (nSPS) is 15.7. The fourth-order valence-electron chi connectivity index (χ4n) is 1.44. The van der Waals surface area contributed by atoms with E-state index in [9.17, 15) is 18.0 Å². The van der Waals surface area contributed by atoms with Gasteiger partial charge >= 0.3 is 12.1 Å². The van der Waals surface area contributed by atoms with Crippen molar-refractivity contribution in [2.75, 3.05) is 13.2 Å². The lowest BCUT2D eigenvalue weighted by Crippen LogP contribution is -2.53. The molecule has 4 nitrogen and oxygen atoms in total. The molecule has 0 aromatic heterocycles. The van der Waals surface area contributed by atoms with Gasteiger partial charge in [0.25, 0.3) is 0 Å². The van der Waals surface area contributed by atoms with Gasteiger partial charge in [-0.15, -0.1) is 0 Å². The molecule has 18 heavy (non-hydrogen) atoms. The van der Waals surface area contributed by atoms with Crippen molar-refractivity contribution < 1.29 is 27.8 Å². The summed E-state index contributed by atoms with van der Waals surface area (Å²) in [5.41, 5.74) is -1.19. The number of aliphatic carboxylic acids is 1. The van der Waals surface area contributed by atoms with Crippen LogP contribution in [-0.4, -0.2) is 42.0 Å². The third-order valence-corrected chi connectivity index (χ3v) is 2.36. The SMILES string of the molecule is CC(C)NC(C)(CCOCCC(F)(F)F)C(=O)O. The van der Waals surface area contributed by atoms with E-state index in [0.29, 0.717) is 0 Å². The molecule has 0 saturated carbocycles. The van der Waals surface area contributed by atoms with Crippen LogP contribution in [0.15, 0.2) is 0 Å². The molecule has 0 fully saturated rings. The molecule has 0 aromatic carbocycles. The second-order valence-electron chi connectivity index (χ2n) is 4.66. The molecule has 0 spiro atoms. The number of alkyl halides is 3. The van der Waals surface area contributed by atoms with Gasteiger partial charge in [-0.25, -0.2) is 0 Å². The highest BCUT2D eigenvalue weighted by Crippen LogP contribution is 2.19. The molecule has 0 aliphatic rings. The first-order valence-corrected chi connectivity index (χ1v) is 5.72. The molecule has 7 heteroatoms. The number of halogens is 3. The number of hydrogen-bond acceptors (Lipinski definition) is 3. The predicted octanol–water partition coefficient (Wildman–Crippen LogP) is 2.19. The first-order valence-electron chi connectivity index (χ1n) is 5.72. The molecule has 0 amide bonds. The molecular formula is C11H20F3NO3. The number of ether oxygens (including phenoxy) is 1. The third kappa shape index (κ3) is 7.50. The topological polar surface area (TPSA) is 58.6 Å². The summed E-state index contributed by atoms with van der Waals surface area (Å²) in [4.78, 5) is 11.1. The van der Waals surface area contributed by atoms with Gasteiger partial charge in [-0.3, -0.25) is 10.1 Å². The highest BCUT2D eigenvalue weighted by molar-refractivity contribution is 5.78.